The van der Waals surface area contributed by atoms with E-state index >= 15 is 0 Å². The number of aliphatic carboxylic acids is 1. The molecule has 0 aromatic heterocycles. The first-order chi connectivity index (χ1) is 5.18. The van der Waals surface area contributed by atoms with Crippen molar-refractivity contribution in [3.63, 3.8) is 0 Å². The van der Waals surface area contributed by atoms with Gasteiger partial charge in [0, 0.05) is 6.04 Å². The van der Waals surface area contributed by atoms with Gasteiger partial charge in [0.1, 0.15) is 0 Å². The van der Waals surface area contributed by atoms with E-state index in [0.29, 0.717) is 11.8 Å². The number of nitrogens with two attached hydrogens (primary N) is 1. The van der Waals surface area contributed by atoms with Gasteiger partial charge in [-0.3, -0.25) is 4.79 Å². The van der Waals surface area contributed by atoms with Crippen LogP contribution < -0.4 is 5.73 Å². The first-order valence-corrected chi connectivity index (χ1v) is 4.17. The van der Waals surface area contributed by atoms with Crippen molar-refractivity contribution in [3.8, 4) is 0 Å². The average molecular weight is 155 g/mol. The van der Waals surface area contributed by atoms with E-state index in [2.05, 4.69) is 0 Å². The minimum atomic E-state index is -0.621. The third kappa shape index (κ3) is 0.948. The lowest BCUT2D eigenvalue weighted by Gasteiger charge is -2.21. The summed E-state index contributed by atoms with van der Waals surface area (Å²) in [6, 6.07) is 0.288. The van der Waals surface area contributed by atoms with Crippen molar-refractivity contribution in [3.05, 3.63) is 0 Å². The van der Waals surface area contributed by atoms with E-state index in [1.807, 2.05) is 0 Å². The number of hydrogen-bond donors (Lipinski definition) is 2. The SMILES string of the molecule is N[C@@H]1C[C@H]2C[C@@H]1C[C@H]2C(=O)O. The molecule has 4 atom stereocenters. The molecule has 0 aromatic rings. The van der Waals surface area contributed by atoms with Gasteiger partial charge in [-0.2, -0.15) is 0 Å². The molecule has 0 amide bonds. The van der Waals surface area contributed by atoms with Crippen molar-refractivity contribution >= 4 is 5.97 Å². The Labute approximate surface area is 65.6 Å². The van der Waals surface area contributed by atoms with Gasteiger partial charge in [0.15, 0.2) is 0 Å². The third-order valence-electron chi connectivity index (χ3n) is 3.23. The zero-order chi connectivity index (χ0) is 8.01. The highest BCUT2D eigenvalue weighted by Crippen LogP contribution is 2.47. The molecule has 2 aliphatic carbocycles. The fourth-order valence-corrected chi connectivity index (χ4v) is 2.62. The Morgan fingerprint density at radius 1 is 1.27 bits per heavy atom. The van der Waals surface area contributed by atoms with E-state index in [0.717, 1.165) is 19.3 Å². The molecule has 0 unspecified atom stereocenters. The highest BCUT2D eigenvalue weighted by Gasteiger charge is 2.47. The Bertz CT molecular complexity index is 191. The Hall–Kier alpha value is -0.570. The quantitative estimate of drug-likeness (QED) is 0.577. The predicted molar refractivity (Wildman–Crippen MR) is 39.9 cm³/mol. The molecule has 3 heteroatoms. The van der Waals surface area contributed by atoms with Gasteiger partial charge in [-0.25, -0.2) is 0 Å². The van der Waals surface area contributed by atoms with Gasteiger partial charge in [-0.15, -0.1) is 0 Å². The van der Waals surface area contributed by atoms with Crippen LogP contribution in [0.25, 0.3) is 0 Å². The van der Waals surface area contributed by atoms with Crippen molar-refractivity contribution in [2.45, 2.75) is 25.3 Å². The number of rotatable bonds is 1. The summed E-state index contributed by atoms with van der Waals surface area (Å²) in [5.41, 5.74) is 5.79. The largest absolute Gasteiger partial charge is 0.481 e. The van der Waals surface area contributed by atoms with Gasteiger partial charge in [0.25, 0.3) is 0 Å². The monoisotopic (exact) mass is 155 g/mol. The fraction of sp³-hybridized carbons (Fsp3) is 0.875. The second kappa shape index (κ2) is 2.21. The normalized spacial score (nSPS) is 48.1. The summed E-state index contributed by atoms with van der Waals surface area (Å²) in [6.07, 6.45) is 2.81. The van der Waals surface area contributed by atoms with E-state index in [1.165, 1.54) is 0 Å². The van der Waals surface area contributed by atoms with E-state index in [4.69, 9.17) is 10.8 Å². The molecular weight excluding hydrogens is 142 g/mol. The summed E-state index contributed by atoms with van der Waals surface area (Å²) in [5, 5.41) is 8.78. The Morgan fingerprint density at radius 2 is 2.00 bits per heavy atom. The summed E-state index contributed by atoms with van der Waals surface area (Å²) < 4.78 is 0. The Balaban J connectivity index is 2.08. The number of carboxylic acid groups (broad SMARTS) is 1. The van der Waals surface area contributed by atoms with Crippen LogP contribution in [-0.4, -0.2) is 17.1 Å². The van der Waals surface area contributed by atoms with Gasteiger partial charge >= 0.3 is 5.97 Å². The molecule has 0 spiro atoms. The molecular formula is C8H13NO2. The predicted octanol–water partition coefficient (Wildman–Crippen LogP) is 0.444. The number of carbonyl (C=O) groups is 1. The minimum absolute atomic E-state index is 0.0835. The first kappa shape index (κ1) is 7.10. The topological polar surface area (TPSA) is 63.3 Å². The lowest BCUT2D eigenvalue weighted by Crippen LogP contribution is -2.32. The highest BCUT2D eigenvalue weighted by molar-refractivity contribution is 5.71. The van der Waals surface area contributed by atoms with E-state index < -0.39 is 5.97 Å². The molecule has 0 radical (unpaired) electrons. The molecule has 2 fully saturated rings. The second-order valence-electron chi connectivity index (χ2n) is 3.84. The number of hydrogen-bond acceptors (Lipinski definition) is 2. The molecule has 0 aliphatic heterocycles. The lowest BCUT2D eigenvalue weighted by molar-refractivity contribution is -0.143. The molecule has 2 rings (SSSR count). The smallest absolute Gasteiger partial charge is 0.306 e. The van der Waals surface area contributed by atoms with Crippen LogP contribution in [0.1, 0.15) is 19.3 Å². The average Bonchev–Trinajstić information content (AvgIpc) is 2.43. The lowest BCUT2D eigenvalue weighted by atomic mass is 9.86. The first-order valence-electron chi connectivity index (χ1n) is 4.17. The zero-order valence-corrected chi connectivity index (χ0v) is 6.36. The van der Waals surface area contributed by atoms with E-state index in [1.54, 1.807) is 0 Å². The van der Waals surface area contributed by atoms with Crippen LogP contribution in [0, 0.1) is 17.8 Å². The minimum Gasteiger partial charge on any atom is -0.481 e. The maximum Gasteiger partial charge on any atom is 0.306 e. The van der Waals surface area contributed by atoms with Crippen LogP contribution in [0.15, 0.2) is 0 Å². The van der Waals surface area contributed by atoms with Crippen molar-refractivity contribution in [1.29, 1.82) is 0 Å². The van der Waals surface area contributed by atoms with Gasteiger partial charge in [-0.1, -0.05) is 0 Å². The maximum absolute atomic E-state index is 10.7. The molecule has 62 valence electrons. The van der Waals surface area contributed by atoms with Gasteiger partial charge in [-0.05, 0) is 31.1 Å². The Kier molecular flexibility index (Phi) is 1.42. The third-order valence-corrected chi connectivity index (χ3v) is 3.23. The van der Waals surface area contributed by atoms with Crippen molar-refractivity contribution in [2.24, 2.45) is 23.5 Å². The molecule has 0 saturated heterocycles. The summed E-state index contributed by atoms with van der Waals surface area (Å²) in [5.74, 6) is 0.179. The summed E-state index contributed by atoms with van der Waals surface area (Å²) >= 11 is 0. The molecule has 3 nitrogen and oxygen atoms in total. The standard InChI is InChI=1S/C8H13NO2/c9-7-3-4-1-5(7)2-6(4)8(10)11/h4-7H,1-3,9H2,(H,10,11)/t4-,5-,6-,7-/m1/s1. The van der Waals surface area contributed by atoms with Crippen molar-refractivity contribution < 1.29 is 9.90 Å². The van der Waals surface area contributed by atoms with E-state index in [9.17, 15) is 4.79 Å². The van der Waals surface area contributed by atoms with Crippen LogP contribution >= 0.6 is 0 Å². The van der Waals surface area contributed by atoms with Crippen molar-refractivity contribution in [2.75, 3.05) is 0 Å². The number of carboxylic acids is 1. The van der Waals surface area contributed by atoms with Crippen LogP contribution in [0.4, 0.5) is 0 Å². The zero-order valence-electron chi connectivity index (χ0n) is 6.36. The fourth-order valence-electron chi connectivity index (χ4n) is 2.62. The number of fused-ring (bicyclic) bond motifs is 2. The maximum atomic E-state index is 10.7. The van der Waals surface area contributed by atoms with Gasteiger partial charge in [0.2, 0.25) is 0 Å². The highest BCUT2D eigenvalue weighted by atomic mass is 16.4. The Morgan fingerprint density at radius 3 is 2.36 bits per heavy atom. The molecule has 0 aromatic carbocycles. The van der Waals surface area contributed by atoms with Crippen LogP contribution in [-0.2, 0) is 4.79 Å². The van der Waals surface area contributed by atoms with Gasteiger partial charge < -0.3 is 10.8 Å². The second-order valence-corrected chi connectivity index (χ2v) is 3.84. The molecule has 11 heavy (non-hydrogen) atoms. The molecule has 2 bridgehead atoms. The molecule has 2 saturated carbocycles. The molecule has 2 aliphatic rings. The summed E-state index contributed by atoms with van der Waals surface area (Å²) in [7, 11) is 0. The van der Waals surface area contributed by atoms with Crippen LogP contribution in [0.3, 0.4) is 0 Å². The summed E-state index contributed by atoms with van der Waals surface area (Å²) in [4.78, 5) is 10.7. The molecule has 0 heterocycles. The van der Waals surface area contributed by atoms with Crippen molar-refractivity contribution in [1.82, 2.24) is 0 Å². The van der Waals surface area contributed by atoms with Crippen LogP contribution in [0.2, 0.25) is 0 Å². The van der Waals surface area contributed by atoms with Gasteiger partial charge in [0.05, 0.1) is 5.92 Å². The molecule has 3 N–H and O–H groups in total. The van der Waals surface area contributed by atoms with E-state index in [-0.39, 0.29) is 12.0 Å². The summed E-state index contributed by atoms with van der Waals surface area (Å²) in [6.45, 7) is 0. The van der Waals surface area contributed by atoms with Crippen LogP contribution in [0.5, 0.6) is 0 Å².